The first-order valence-electron chi connectivity index (χ1n) is 10.6. The monoisotopic (exact) mass is 402 g/mol. The molecule has 7 heteroatoms. The molecule has 2 heterocycles. The molecule has 0 saturated carbocycles. The Morgan fingerprint density at radius 1 is 1.07 bits per heavy atom. The average Bonchev–Trinajstić information content (AvgIpc) is 2.82. The van der Waals surface area contributed by atoms with Gasteiger partial charge in [-0.05, 0) is 78.9 Å². The number of anilines is 1. The first-order valence-corrected chi connectivity index (χ1v) is 10.6. The van der Waals surface area contributed by atoms with Crippen LogP contribution in [0.1, 0.15) is 61.3 Å². The molecule has 2 fully saturated rings. The zero-order valence-electron chi connectivity index (χ0n) is 18.9. The lowest BCUT2D eigenvalue weighted by molar-refractivity contribution is 0.00578. The molecule has 2 aliphatic rings. The molecule has 0 aromatic heterocycles. The molecule has 1 aromatic rings. The molecule has 0 radical (unpaired) electrons. The van der Waals surface area contributed by atoms with E-state index in [1.54, 1.807) is 0 Å². The lowest BCUT2D eigenvalue weighted by Crippen LogP contribution is -2.46. The van der Waals surface area contributed by atoms with Crippen LogP contribution in [-0.2, 0) is 14.0 Å². The van der Waals surface area contributed by atoms with Crippen molar-refractivity contribution >= 4 is 24.4 Å². The van der Waals surface area contributed by atoms with E-state index in [1.807, 2.05) is 20.8 Å². The fraction of sp³-hybridized carbons (Fsp3) is 0.682. The van der Waals surface area contributed by atoms with Gasteiger partial charge in [0.2, 0.25) is 0 Å². The molecular weight excluding hydrogens is 367 g/mol. The lowest BCUT2D eigenvalue weighted by atomic mass is 9.79. The maximum Gasteiger partial charge on any atom is 0.494 e. The summed E-state index contributed by atoms with van der Waals surface area (Å²) in [5.41, 5.74) is 1.08. The number of ether oxygens (including phenoxy) is 1. The Hall–Kier alpha value is -1.73. The van der Waals surface area contributed by atoms with E-state index >= 15 is 0 Å². The molecular formula is C22H35BN2O4. The third kappa shape index (κ3) is 5.26. The van der Waals surface area contributed by atoms with Crippen molar-refractivity contribution in [3.05, 3.63) is 24.3 Å². The average molecular weight is 402 g/mol. The maximum atomic E-state index is 12.0. The highest BCUT2D eigenvalue weighted by Gasteiger charge is 2.51. The SMILES string of the molecule is CC(C)(C)OC(=O)NC1CCN(c2ccc(B3OC(C)(C)C(C)(C)O3)cc2)CC1. The van der Waals surface area contributed by atoms with E-state index in [4.69, 9.17) is 14.0 Å². The van der Waals surface area contributed by atoms with Gasteiger partial charge in [-0.25, -0.2) is 4.79 Å². The summed E-state index contributed by atoms with van der Waals surface area (Å²) in [6, 6.07) is 8.58. The van der Waals surface area contributed by atoms with Gasteiger partial charge in [0.25, 0.3) is 0 Å². The largest absolute Gasteiger partial charge is 0.494 e. The topological polar surface area (TPSA) is 60.0 Å². The molecule has 0 atom stereocenters. The Bertz CT molecular complexity index is 703. The molecule has 0 spiro atoms. The number of carbonyl (C=O) groups is 1. The minimum atomic E-state index is -0.469. The van der Waals surface area contributed by atoms with Crippen LogP contribution in [0.2, 0.25) is 0 Å². The summed E-state index contributed by atoms with van der Waals surface area (Å²) in [6.07, 6.45) is 1.47. The summed E-state index contributed by atoms with van der Waals surface area (Å²) in [7, 11) is -0.335. The van der Waals surface area contributed by atoms with Crippen molar-refractivity contribution < 1.29 is 18.8 Å². The van der Waals surface area contributed by atoms with E-state index in [0.717, 1.165) is 31.4 Å². The molecule has 1 aromatic carbocycles. The van der Waals surface area contributed by atoms with Crippen molar-refractivity contribution in [2.75, 3.05) is 18.0 Å². The number of nitrogens with one attached hydrogen (secondary N) is 1. The molecule has 0 bridgehead atoms. The van der Waals surface area contributed by atoms with Crippen LogP contribution in [0.3, 0.4) is 0 Å². The van der Waals surface area contributed by atoms with Gasteiger partial charge in [0.15, 0.2) is 0 Å². The second-order valence-corrected chi connectivity index (χ2v) is 10.1. The highest BCUT2D eigenvalue weighted by molar-refractivity contribution is 6.62. The number of alkyl carbamates (subject to hydrolysis) is 1. The summed E-state index contributed by atoms with van der Waals surface area (Å²) in [4.78, 5) is 14.3. The van der Waals surface area contributed by atoms with Crippen molar-refractivity contribution in [2.45, 2.75) is 84.2 Å². The third-order valence-electron chi connectivity index (χ3n) is 6.00. The van der Waals surface area contributed by atoms with Crippen LogP contribution in [0.25, 0.3) is 0 Å². The molecule has 29 heavy (non-hydrogen) atoms. The number of rotatable bonds is 3. The quantitative estimate of drug-likeness (QED) is 0.785. The molecule has 6 nitrogen and oxygen atoms in total. The summed E-state index contributed by atoms with van der Waals surface area (Å²) >= 11 is 0. The second-order valence-electron chi connectivity index (χ2n) is 10.1. The van der Waals surface area contributed by atoms with Gasteiger partial charge in [0, 0.05) is 24.8 Å². The number of piperidine rings is 1. The second kappa shape index (κ2) is 7.84. The first-order chi connectivity index (χ1) is 13.4. The molecule has 2 aliphatic heterocycles. The summed E-state index contributed by atoms with van der Waals surface area (Å²) in [5, 5.41) is 2.99. The van der Waals surface area contributed by atoms with Crippen molar-refractivity contribution in [2.24, 2.45) is 0 Å². The van der Waals surface area contributed by atoms with E-state index < -0.39 is 5.60 Å². The van der Waals surface area contributed by atoms with Gasteiger partial charge < -0.3 is 24.3 Å². The van der Waals surface area contributed by atoms with Gasteiger partial charge in [0.1, 0.15) is 5.60 Å². The van der Waals surface area contributed by atoms with Crippen molar-refractivity contribution in [3.63, 3.8) is 0 Å². The molecule has 1 amide bonds. The Balaban J connectivity index is 1.53. The molecule has 2 saturated heterocycles. The number of amides is 1. The van der Waals surface area contributed by atoms with Crippen LogP contribution >= 0.6 is 0 Å². The number of benzene rings is 1. The van der Waals surface area contributed by atoms with Crippen LogP contribution in [0.5, 0.6) is 0 Å². The van der Waals surface area contributed by atoms with Crippen molar-refractivity contribution in [1.29, 1.82) is 0 Å². The minimum absolute atomic E-state index is 0.158. The van der Waals surface area contributed by atoms with Gasteiger partial charge in [0.05, 0.1) is 11.2 Å². The summed E-state index contributed by atoms with van der Waals surface area (Å²) in [6.45, 7) is 15.7. The normalized spacial score (nSPS) is 21.9. The maximum absolute atomic E-state index is 12.0. The summed E-state index contributed by atoms with van der Waals surface area (Å²) in [5.74, 6) is 0. The van der Waals surface area contributed by atoms with E-state index in [0.29, 0.717) is 0 Å². The zero-order valence-corrected chi connectivity index (χ0v) is 18.9. The van der Waals surface area contributed by atoms with E-state index in [2.05, 4.69) is 62.2 Å². The van der Waals surface area contributed by atoms with Crippen LogP contribution in [0.4, 0.5) is 10.5 Å². The fourth-order valence-electron chi connectivity index (χ4n) is 3.58. The van der Waals surface area contributed by atoms with Crippen molar-refractivity contribution in [3.8, 4) is 0 Å². The van der Waals surface area contributed by atoms with Crippen LogP contribution in [0, 0.1) is 0 Å². The third-order valence-corrected chi connectivity index (χ3v) is 6.00. The number of nitrogens with zero attached hydrogens (tertiary/aromatic N) is 1. The van der Waals surface area contributed by atoms with Gasteiger partial charge >= 0.3 is 13.2 Å². The molecule has 0 unspecified atom stereocenters. The van der Waals surface area contributed by atoms with Crippen LogP contribution in [-0.4, -0.2) is 49.1 Å². The smallest absolute Gasteiger partial charge is 0.444 e. The van der Waals surface area contributed by atoms with Gasteiger partial charge in [-0.15, -0.1) is 0 Å². The number of hydrogen-bond acceptors (Lipinski definition) is 5. The Morgan fingerprint density at radius 2 is 1.59 bits per heavy atom. The molecule has 0 aliphatic carbocycles. The standard InChI is InChI=1S/C22H35BN2O4/c1-20(2,3)27-19(26)24-17-12-14-25(15-13-17)18-10-8-16(9-11-18)23-28-21(4,5)22(6,7)29-23/h8-11,17H,12-15H2,1-7H3,(H,24,26). The predicted molar refractivity (Wildman–Crippen MR) is 117 cm³/mol. The molecule has 3 rings (SSSR count). The van der Waals surface area contributed by atoms with E-state index in [9.17, 15) is 4.79 Å². The zero-order chi connectivity index (χ0) is 21.4. The highest BCUT2D eigenvalue weighted by Crippen LogP contribution is 2.36. The predicted octanol–water partition coefficient (Wildman–Crippen LogP) is 3.48. The first kappa shape index (κ1) is 22.0. The van der Waals surface area contributed by atoms with E-state index in [-0.39, 0.29) is 30.5 Å². The molecule has 1 N–H and O–H groups in total. The van der Waals surface area contributed by atoms with Gasteiger partial charge in [-0.1, -0.05) is 12.1 Å². The Kier molecular flexibility index (Phi) is 5.94. The van der Waals surface area contributed by atoms with Gasteiger partial charge in [-0.3, -0.25) is 0 Å². The molecule has 160 valence electrons. The number of carbonyl (C=O) groups excluding carboxylic acids is 1. The van der Waals surface area contributed by atoms with Crippen LogP contribution < -0.4 is 15.7 Å². The highest BCUT2D eigenvalue weighted by atomic mass is 16.7. The number of hydrogen-bond donors (Lipinski definition) is 1. The lowest BCUT2D eigenvalue weighted by Gasteiger charge is -2.34. The van der Waals surface area contributed by atoms with Gasteiger partial charge in [-0.2, -0.15) is 0 Å². The summed E-state index contributed by atoms with van der Waals surface area (Å²) < 4.78 is 17.6. The van der Waals surface area contributed by atoms with E-state index in [1.165, 1.54) is 5.69 Å². The Morgan fingerprint density at radius 3 is 2.07 bits per heavy atom. The minimum Gasteiger partial charge on any atom is -0.444 e. The van der Waals surface area contributed by atoms with Crippen LogP contribution in [0.15, 0.2) is 24.3 Å². The Labute approximate surface area is 175 Å². The van der Waals surface area contributed by atoms with Crippen molar-refractivity contribution in [1.82, 2.24) is 5.32 Å². The fourth-order valence-corrected chi connectivity index (χ4v) is 3.58.